The molecule has 1 aromatic rings. The zero-order valence-electron chi connectivity index (χ0n) is 18.6. The second kappa shape index (κ2) is 9.64. The fourth-order valence-electron chi connectivity index (χ4n) is 4.88. The molecular weight excluding hydrogens is 406 g/mol. The molecule has 2 saturated heterocycles. The van der Waals surface area contributed by atoms with Crippen LogP contribution in [0, 0.1) is 23.2 Å². The molecule has 1 unspecified atom stereocenters. The first-order valence-corrected chi connectivity index (χ1v) is 11.6. The van der Waals surface area contributed by atoms with Crippen LogP contribution in [0.3, 0.4) is 0 Å². The fourth-order valence-corrected chi connectivity index (χ4v) is 4.88. The summed E-state index contributed by atoms with van der Waals surface area (Å²) in [4.78, 5) is 40.6. The smallest absolute Gasteiger partial charge is 0.409 e. The molecule has 0 aromatic heterocycles. The van der Waals surface area contributed by atoms with Gasteiger partial charge in [-0.2, -0.15) is 0 Å². The predicted octanol–water partition coefficient (Wildman–Crippen LogP) is 2.40. The summed E-state index contributed by atoms with van der Waals surface area (Å²) in [6.07, 6.45) is 3.85. The van der Waals surface area contributed by atoms with Crippen molar-refractivity contribution in [3.05, 3.63) is 35.9 Å². The summed E-state index contributed by atoms with van der Waals surface area (Å²) in [7, 11) is 0. The molecule has 1 spiro atoms. The van der Waals surface area contributed by atoms with E-state index in [1.54, 1.807) is 16.7 Å². The fraction of sp³-hybridized carbons (Fsp3) is 0.560. The molecule has 1 N–H and O–H groups in total. The van der Waals surface area contributed by atoms with Gasteiger partial charge in [0.1, 0.15) is 0 Å². The highest BCUT2D eigenvalue weighted by molar-refractivity contribution is 5.94. The summed E-state index contributed by atoms with van der Waals surface area (Å²) in [5, 5.41) is 3.20. The first kappa shape index (κ1) is 22.2. The second-order valence-corrected chi connectivity index (χ2v) is 9.00. The highest BCUT2D eigenvalue weighted by Gasteiger charge is 2.58. The van der Waals surface area contributed by atoms with Crippen molar-refractivity contribution in [3.63, 3.8) is 0 Å². The molecule has 170 valence electrons. The van der Waals surface area contributed by atoms with Gasteiger partial charge < -0.3 is 19.9 Å². The third-order valence-corrected chi connectivity index (χ3v) is 7.01. The zero-order valence-corrected chi connectivity index (χ0v) is 18.6. The largest absolute Gasteiger partial charge is 0.450 e. The molecule has 0 radical (unpaired) electrons. The van der Waals surface area contributed by atoms with Gasteiger partial charge >= 0.3 is 6.09 Å². The summed E-state index contributed by atoms with van der Waals surface area (Å²) >= 11 is 0. The van der Waals surface area contributed by atoms with Crippen LogP contribution in [0.15, 0.2) is 30.3 Å². The van der Waals surface area contributed by atoms with Crippen LogP contribution in [0.4, 0.5) is 4.79 Å². The van der Waals surface area contributed by atoms with Crippen molar-refractivity contribution in [1.82, 2.24) is 15.1 Å². The Kier molecular flexibility index (Phi) is 6.69. The number of nitrogens with zero attached hydrogens (tertiary/aromatic N) is 2. The monoisotopic (exact) mass is 437 g/mol. The molecule has 1 saturated carbocycles. The van der Waals surface area contributed by atoms with E-state index in [1.165, 1.54) is 0 Å². The molecule has 2 heterocycles. The summed E-state index contributed by atoms with van der Waals surface area (Å²) in [6, 6.07) is 9.62. The van der Waals surface area contributed by atoms with E-state index in [2.05, 4.69) is 17.2 Å². The SMILES string of the molecule is CCOC(=O)N1CCC(NC(=O)C2CC23CCN(C(=O)C#Cc2ccccc2)CC3)CC1. The van der Waals surface area contributed by atoms with E-state index in [-0.39, 0.29) is 35.3 Å². The van der Waals surface area contributed by atoms with Crippen molar-refractivity contribution in [2.75, 3.05) is 32.8 Å². The highest BCUT2D eigenvalue weighted by Crippen LogP contribution is 2.59. The summed E-state index contributed by atoms with van der Waals surface area (Å²) in [6.45, 7) is 4.71. The Morgan fingerprint density at radius 1 is 1.06 bits per heavy atom. The van der Waals surface area contributed by atoms with Gasteiger partial charge in [-0.1, -0.05) is 24.1 Å². The number of amides is 3. The lowest BCUT2D eigenvalue weighted by atomic mass is 9.90. The number of hydrogen-bond donors (Lipinski definition) is 1. The number of hydrogen-bond acceptors (Lipinski definition) is 4. The summed E-state index contributed by atoms with van der Waals surface area (Å²) < 4.78 is 5.05. The molecule has 1 atom stereocenters. The molecule has 1 aromatic carbocycles. The molecule has 7 nitrogen and oxygen atoms in total. The normalized spacial score (nSPS) is 22.0. The lowest BCUT2D eigenvalue weighted by Gasteiger charge is -2.33. The Bertz CT molecular complexity index is 904. The van der Waals surface area contributed by atoms with Gasteiger partial charge in [-0.25, -0.2) is 4.79 Å². The molecule has 2 aliphatic heterocycles. The van der Waals surface area contributed by atoms with E-state index >= 15 is 0 Å². The zero-order chi connectivity index (χ0) is 22.6. The van der Waals surface area contributed by atoms with Gasteiger partial charge in [0, 0.05) is 49.6 Å². The van der Waals surface area contributed by atoms with E-state index in [0.717, 1.165) is 37.7 Å². The minimum Gasteiger partial charge on any atom is -0.450 e. The molecule has 4 rings (SSSR count). The van der Waals surface area contributed by atoms with Crippen molar-refractivity contribution in [2.45, 2.75) is 45.1 Å². The van der Waals surface area contributed by atoms with Gasteiger partial charge in [0.2, 0.25) is 5.91 Å². The van der Waals surface area contributed by atoms with E-state index < -0.39 is 0 Å². The minimum absolute atomic E-state index is 0.0400. The van der Waals surface area contributed by atoms with Gasteiger partial charge in [-0.3, -0.25) is 9.59 Å². The van der Waals surface area contributed by atoms with Crippen LogP contribution in [-0.2, 0) is 14.3 Å². The van der Waals surface area contributed by atoms with Crippen LogP contribution >= 0.6 is 0 Å². The van der Waals surface area contributed by atoms with Crippen LogP contribution in [0.1, 0.15) is 44.6 Å². The van der Waals surface area contributed by atoms with Crippen LogP contribution in [0.5, 0.6) is 0 Å². The maximum Gasteiger partial charge on any atom is 0.409 e. The topological polar surface area (TPSA) is 79.0 Å². The average molecular weight is 438 g/mol. The Hall–Kier alpha value is -3.01. The van der Waals surface area contributed by atoms with Gasteiger partial charge in [-0.15, -0.1) is 0 Å². The minimum atomic E-state index is -0.270. The van der Waals surface area contributed by atoms with E-state index in [0.29, 0.717) is 32.8 Å². The summed E-state index contributed by atoms with van der Waals surface area (Å²) in [5.74, 6) is 5.70. The maximum atomic E-state index is 12.8. The molecule has 3 amide bonds. The van der Waals surface area contributed by atoms with Crippen LogP contribution in [0.25, 0.3) is 0 Å². The number of benzene rings is 1. The Morgan fingerprint density at radius 3 is 2.41 bits per heavy atom. The molecule has 3 fully saturated rings. The van der Waals surface area contributed by atoms with Crippen molar-refractivity contribution >= 4 is 17.9 Å². The first-order chi connectivity index (χ1) is 15.5. The maximum absolute atomic E-state index is 12.8. The Labute approximate surface area is 189 Å². The third-order valence-electron chi connectivity index (χ3n) is 7.01. The lowest BCUT2D eigenvalue weighted by molar-refractivity contribution is -0.127. The standard InChI is InChI=1S/C25H31N3O4/c1-2-32-24(31)28-14-10-20(11-15-28)26-23(30)21-18-25(21)12-16-27(17-13-25)22(29)9-8-19-6-4-3-5-7-19/h3-7,20-21H,2,10-18H2,1H3,(H,26,30). The van der Waals surface area contributed by atoms with E-state index in [9.17, 15) is 14.4 Å². The van der Waals surface area contributed by atoms with Crippen molar-refractivity contribution < 1.29 is 19.1 Å². The van der Waals surface area contributed by atoms with E-state index in [1.807, 2.05) is 30.3 Å². The highest BCUT2D eigenvalue weighted by atomic mass is 16.6. The van der Waals surface area contributed by atoms with Crippen LogP contribution < -0.4 is 5.32 Å². The number of carbonyl (C=O) groups is 3. The van der Waals surface area contributed by atoms with E-state index in [4.69, 9.17) is 4.74 Å². The van der Waals surface area contributed by atoms with Gasteiger partial charge in [-0.05, 0) is 56.6 Å². The van der Waals surface area contributed by atoms with Crippen molar-refractivity contribution in [2.24, 2.45) is 11.3 Å². The average Bonchev–Trinajstić information content (AvgIpc) is 3.52. The first-order valence-electron chi connectivity index (χ1n) is 11.6. The Morgan fingerprint density at radius 2 is 1.75 bits per heavy atom. The Balaban J connectivity index is 1.20. The third kappa shape index (κ3) is 5.07. The second-order valence-electron chi connectivity index (χ2n) is 9.00. The molecular formula is C25H31N3O4. The van der Waals surface area contributed by atoms with Crippen molar-refractivity contribution in [1.29, 1.82) is 0 Å². The number of rotatable bonds is 3. The molecule has 32 heavy (non-hydrogen) atoms. The van der Waals surface area contributed by atoms with Gasteiger partial charge in [0.15, 0.2) is 0 Å². The van der Waals surface area contributed by atoms with Gasteiger partial charge in [0.05, 0.1) is 6.61 Å². The summed E-state index contributed by atoms with van der Waals surface area (Å²) in [5.41, 5.74) is 0.876. The number of carbonyl (C=O) groups excluding carboxylic acids is 3. The molecule has 1 aliphatic carbocycles. The number of nitrogens with one attached hydrogen (secondary N) is 1. The predicted molar refractivity (Wildman–Crippen MR) is 119 cm³/mol. The molecule has 3 aliphatic rings. The van der Waals surface area contributed by atoms with Crippen molar-refractivity contribution in [3.8, 4) is 11.8 Å². The van der Waals surface area contributed by atoms with Crippen LogP contribution in [0.2, 0.25) is 0 Å². The number of piperidine rings is 2. The van der Waals surface area contributed by atoms with Crippen LogP contribution in [-0.4, -0.2) is 66.5 Å². The lowest BCUT2D eigenvalue weighted by Crippen LogP contribution is -2.47. The number of likely N-dealkylation sites (tertiary alicyclic amines) is 2. The molecule has 0 bridgehead atoms. The van der Waals surface area contributed by atoms with Gasteiger partial charge in [0.25, 0.3) is 5.91 Å². The quantitative estimate of drug-likeness (QED) is 0.737. The number of ether oxygens (including phenoxy) is 1. The molecule has 7 heteroatoms.